The highest BCUT2D eigenvalue weighted by atomic mass is 19.1. The van der Waals surface area contributed by atoms with E-state index in [0.717, 1.165) is 22.8 Å². The summed E-state index contributed by atoms with van der Waals surface area (Å²) in [5, 5.41) is 1.39. The molecule has 0 aliphatic heterocycles. The summed E-state index contributed by atoms with van der Waals surface area (Å²) in [6.07, 6.45) is 0.758. The van der Waals surface area contributed by atoms with E-state index in [1.165, 1.54) is 13.2 Å². The van der Waals surface area contributed by atoms with Gasteiger partial charge in [0, 0.05) is 5.39 Å². The molecule has 0 heterocycles. The molecule has 2 nitrogen and oxygen atoms in total. The first-order chi connectivity index (χ1) is 10.2. The van der Waals surface area contributed by atoms with Gasteiger partial charge in [0.15, 0.2) is 6.29 Å². The largest absolute Gasteiger partial charge is 0.496 e. The molecule has 0 saturated heterocycles. The molecule has 0 bridgehead atoms. The summed E-state index contributed by atoms with van der Waals surface area (Å²) in [5.41, 5.74) is 2.22. The van der Waals surface area contributed by atoms with Crippen molar-refractivity contribution in [1.82, 2.24) is 0 Å². The van der Waals surface area contributed by atoms with Gasteiger partial charge in [-0.3, -0.25) is 4.79 Å². The predicted molar refractivity (Wildman–Crippen MR) is 81.3 cm³/mol. The van der Waals surface area contributed by atoms with Crippen LogP contribution in [0.1, 0.15) is 10.4 Å². The highest BCUT2D eigenvalue weighted by molar-refractivity contribution is 5.98. The van der Waals surface area contributed by atoms with Crippen molar-refractivity contribution in [2.24, 2.45) is 0 Å². The van der Waals surface area contributed by atoms with Crippen LogP contribution in [0, 0.1) is 5.82 Å². The molecule has 0 unspecified atom stereocenters. The fraction of sp³-hybridized carbons (Fsp3) is 0.0556. The molecule has 104 valence electrons. The summed E-state index contributed by atoms with van der Waals surface area (Å²) in [6.45, 7) is 0. The molecule has 0 saturated carbocycles. The highest BCUT2D eigenvalue weighted by Crippen LogP contribution is 2.32. The van der Waals surface area contributed by atoms with Crippen LogP contribution in [0.3, 0.4) is 0 Å². The van der Waals surface area contributed by atoms with E-state index in [2.05, 4.69) is 0 Å². The molecule has 3 aromatic rings. The van der Waals surface area contributed by atoms with E-state index in [1.807, 2.05) is 18.2 Å². The van der Waals surface area contributed by atoms with Gasteiger partial charge in [-0.1, -0.05) is 36.4 Å². The van der Waals surface area contributed by atoms with Gasteiger partial charge < -0.3 is 4.74 Å². The number of methoxy groups -OCH3 is 1. The van der Waals surface area contributed by atoms with E-state index in [9.17, 15) is 9.18 Å². The number of hydrogen-bond donors (Lipinski definition) is 0. The predicted octanol–water partition coefficient (Wildman–Crippen LogP) is 4.47. The van der Waals surface area contributed by atoms with Gasteiger partial charge in [0.05, 0.1) is 12.7 Å². The van der Waals surface area contributed by atoms with Gasteiger partial charge in [-0.25, -0.2) is 4.39 Å². The van der Waals surface area contributed by atoms with Crippen molar-refractivity contribution in [3.8, 4) is 16.9 Å². The average molecular weight is 280 g/mol. The molecular formula is C18H13FO2. The first kappa shape index (κ1) is 13.3. The Hall–Kier alpha value is -2.68. The fourth-order valence-electron chi connectivity index (χ4n) is 2.51. The summed E-state index contributed by atoms with van der Waals surface area (Å²) in [7, 11) is 1.52. The van der Waals surface area contributed by atoms with Gasteiger partial charge in [0.25, 0.3) is 0 Å². The van der Waals surface area contributed by atoms with E-state index in [-0.39, 0.29) is 5.82 Å². The molecule has 0 amide bonds. The summed E-state index contributed by atoms with van der Waals surface area (Å²) in [4.78, 5) is 11.1. The van der Waals surface area contributed by atoms with Crippen molar-refractivity contribution < 1.29 is 13.9 Å². The Bertz CT molecular complexity index is 825. The molecule has 0 aliphatic rings. The maximum atomic E-state index is 13.9. The maximum Gasteiger partial charge on any atom is 0.153 e. The highest BCUT2D eigenvalue weighted by Gasteiger charge is 2.10. The number of aldehydes is 1. The lowest BCUT2D eigenvalue weighted by Crippen LogP contribution is -1.92. The van der Waals surface area contributed by atoms with Gasteiger partial charge in [-0.2, -0.15) is 0 Å². The minimum Gasteiger partial charge on any atom is -0.496 e. The van der Waals surface area contributed by atoms with Gasteiger partial charge in [-0.15, -0.1) is 0 Å². The van der Waals surface area contributed by atoms with Crippen LogP contribution in [0.5, 0.6) is 5.75 Å². The molecule has 0 atom stereocenters. The third-order valence-electron chi connectivity index (χ3n) is 3.54. The first-order valence-corrected chi connectivity index (χ1v) is 6.55. The topological polar surface area (TPSA) is 26.3 Å². The quantitative estimate of drug-likeness (QED) is 0.662. The fourth-order valence-corrected chi connectivity index (χ4v) is 2.51. The summed E-state index contributed by atoms with van der Waals surface area (Å²) in [5.74, 6) is 0.277. The molecule has 0 aliphatic carbocycles. The van der Waals surface area contributed by atoms with Crippen molar-refractivity contribution >= 4 is 17.1 Å². The SMILES string of the molecule is COc1ccc(-c2ccc(F)c3ccccc23)cc1C=O. The Morgan fingerprint density at radius 2 is 1.76 bits per heavy atom. The van der Waals surface area contributed by atoms with E-state index in [4.69, 9.17) is 4.74 Å². The Labute approximate surface area is 121 Å². The van der Waals surface area contributed by atoms with Crippen LogP contribution >= 0.6 is 0 Å². The third kappa shape index (κ3) is 2.27. The summed E-state index contributed by atoms with van der Waals surface area (Å²) < 4.78 is 19.0. The van der Waals surface area contributed by atoms with Gasteiger partial charge in [0.1, 0.15) is 11.6 Å². The Kier molecular flexibility index (Phi) is 3.40. The second-order valence-corrected chi connectivity index (χ2v) is 4.72. The van der Waals surface area contributed by atoms with Crippen LogP contribution in [0.15, 0.2) is 54.6 Å². The van der Waals surface area contributed by atoms with E-state index in [0.29, 0.717) is 16.7 Å². The number of carbonyl (C=O) groups is 1. The normalized spacial score (nSPS) is 10.6. The van der Waals surface area contributed by atoms with E-state index >= 15 is 0 Å². The number of rotatable bonds is 3. The first-order valence-electron chi connectivity index (χ1n) is 6.55. The molecule has 0 spiro atoms. The van der Waals surface area contributed by atoms with Gasteiger partial charge in [-0.05, 0) is 34.7 Å². The number of hydrogen-bond acceptors (Lipinski definition) is 2. The van der Waals surface area contributed by atoms with E-state index in [1.54, 1.807) is 30.3 Å². The van der Waals surface area contributed by atoms with Crippen molar-refractivity contribution in [1.29, 1.82) is 0 Å². The summed E-state index contributed by atoms with van der Waals surface area (Å²) >= 11 is 0. The van der Waals surface area contributed by atoms with Crippen LogP contribution in [-0.4, -0.2) is 13.4 Å². The second-order valence-electron chi connectivity index (χ2n) is 4.72. The van der Waals surface area contributed by atoms with Gasteiger partial charge in [0.2, 0.25) is 0 Å². The minimum absolute atomic E-state index is 0.251. The molecule has 3 rings (SSSR count). The summed E-state index contributed by atoms with van der Waals surface area (Å²) in [6, 6.07) is 15.8. The average Bonchev–Trinajstić information content (AvgIpc) is 2.55. The lowest BCUT2D eigenvalue weighted by Gasteiger charge is -2.10. The van der Waals surface area contributed by atoms with Crippen LogP contribution in [0.4, 0.5) is 4.39 Å². The monoisotopic (exact) mass is 280 g/mol. The molecule has 0 N–H and O–H groups in total. The zero-order valence-corrected chi connectivity index (χ0v) is 11.5. The van der Waals surface area contributed by atoms with Crippen molar-refractivity contribution in [2.45, 2.75) is 0 Å². The molecule has 3 heteroatoms. The molecule has 21 heavy (non-hydrogen) atoms. The minimum atomic E-state index is -0.251. The van der Waals surface area contributed by atoms with Crippen LogP contribution in [-0.2, 0) is 0 Å². The molecule has 0 radical (unpaired) electrons. The van der Waals surface area contributed by atoms with Crippen LogP contribution in [0.25, 0.3) is 21.9 Å². The maximum absolute atomic E-state index is 13.9. The number of ether oxygens (including phenoxy) is 1. The standard InChI is InChI=1S/C18H13FO2/c1-21-18-9-6-12(10-13(18)11-20)14-7-8-17(19)16-5-3-2-4-15(14)16/h2-11H,1H3. The van der Waals surface area contributed by atoms with Crippen LogP contribution in [0.2, 0.25) is 0 Å². The Morgan fingerprint density at radius 1 is 1.00 bits per heavy atom. The third-order valence-corrected chi connectivity index (χ3v) is 3.54. The van der Waals surface area contributed by atoms with Crippen molar-refractivity contribution in [2.75, 3.05) is 7.11 Å². The molecule has 0 fully saturated rings. The number of halogens is 1. The van der Waals surface area contributed by atoms with Gasteiger partial charge >= 0.3 is 0 Å². The second kappa shape index (κ2) is 5.37. The van der Waals surface area contributed by atoms with E-state index < -0.39 is 0 Å². The Morgan fingerprint density at radius 3 is 2.48 bits per heavy atom. The molecule has 3 aromatic carbocycles. The zero-order chi connectivity index (χ0) is 14.8. The number of fused-ring (bicyclic) bond motifs is 1. The smallest absolute Gasteiger partial charge is 0.153 e. The number of carbonyl (C=O) groups excluding carboxylic acids is 1. The van der Waals surface area contributed by atoms with Crippen molar-refractivity contribution in [3.63, 3.8) is 0 Å². The van der Waals surface area contributed by atoms with Crippen LogP contribution < -0.4 is 4.74 Å². The molecular weight excluding hydrogens is 267 g/mol. The van der Waals surface area contributed by atoms with Crippen molar-refractivity contribution in [3.05, 3.63) is 66.0 Å². The lowest BCUT2D eigenvalue weighted by atomic mass is 9.96. The Balaban J connectivity index is 2.26. The lowest BCUT2D eigenvalue weighted by molar-refractivity contribution is 0.112. The molecule has 0 aromatic heterocycles. The zero-order valence-electron chi connectivity index (χ0n) is 11.5. The number of benzene rings is 3.